The Morgan fingerprint density at radius 3 is 1.79 bits per heavy atom. The van der Waals surface area contributed by atoms with Crippen molar-refractivity contribution in [2.24, 2.45) is 0 Å². The maximum atomic E-state index is 4.76. The van der Waals surface area contributed by atoms with Crippen LogP contribution in [0, 0.1) is 0 Å². The molecule has 2 heteroatoms. The molecule has 0 spiro atoms. The minimum atomic E-state index is -0.0406. The number of hydrogen-bond donors (Lipinski definition) is 0. The van der Waals surface area contributed by atoms with E-state index >= 15 is 0 Å². The lowest BCUT2D eigenvalue weighted by molar-refractivity contribution is 0.632. The summed E-state index contributed by atoms with van der Waals surface area (Å²) < 4.78 is 0. The Bertz CT molecular complexity index is 1080. The van der Waals surface area contributed by atoms with Gasteiger partial charge in [-0.2, -0.15) is 0 Å². The molecular formula is C26H22N2. The van der Waals surface area contributed by atoms with E-state index in [1.54, 1.807) is 0 Å². The molecular weight excluding hydrogens is 340 g/mol. The molecule has 0 aliphatic carbocycles. The highest BCUT2D eigenvalue weighted by Crippen LogP contribution is 2.51. The van der Waals surface area contributed by atoms with Crippen LogP contribution < -0.4 is 4.90 Å². The molecule has 0 saturated carbocycles. The van der Waals surface area contributed by atoms with E-state index < -0.39 is 0 Å². The van der Waals surface area contributed by atoms with Crippen molar-refractivity contribution in [3.8, 4) is 11.3 Å². The highest BCUT2D eigenvalue weighted by Gasteiger charge is 2.36. The van der Waals surface area contributed by atoms with Gasteiger partial charge in [0.2, 0.25) is 0 Å². The molecule has 0 radical (unpaired) electrons. The zero-order chi connectivity index (χ0) is 19.1. The fraction of sp³-hybridized carbons (Fsp3) is 0.115. The summed E-state index contributed by atoms with van der Waals surface area (Å²) in [6.07, 6.45) is 1.98. The fourth-order valence-corrected chi connectivity index (χ4v) is 4.25. The topological polar surface area (TPSA) is 16.1 Å². The normalized spacial score (nSPS) is 14.3. The number of para-hydroxylation sites is 2. The van der Waals surface area contributed by atoms with Crippen molar-refractivity contribution < 1.29 is 0 Å². The second-order valence-electron chi connectivity index (χ2n) is 7.76. The van der Waals surface area contributed by atoms with Gasteiger partial charge in [-0.3, -0.25) is 4.98 Å². The van der Waals surface area contributed by atoms with E-state index in [0.717, 1.165) is 16.9 Å². The summed E-state index contributed by atoms with van der Waals surface area (Å²) in [6, 6.07) is 32.0. The van der Waals surface area contributed by atoms with E-state index in [1.165, 1.54) is 22.5 Å². The summed E-state index contributed by atoms with van der Waals surface area (Å²) in [4.78, 5) is 7.10. The molecule has 0 atom stereocenters. The van der Waals surface area contributed by atoms with Crippen LogP contribution in [0.15, 0.2) is 97.2 Å². The predicted molar refractivity (Wildman–Crippen MR) is 116 cm³/mol. The minimum absolute atomic E-state index is 0.0406. The molecule has 28 heavy (non-hydrogen) atoms. The number of aromatic nitrogens is 1. The lowest BCUT2D eigenvalue weighted by atomic mass is 9.73. The predicted octanol–water partition coefficient (Wildman–Crippen LogP) is 6.86. The summed E-state index contributed by atoms with van der Waals surface area (Å²) >= 11 is 0. The van der Waals surface area contributed by atoms with Crippen molar-refractivity contribution in [3.63, 3.8) is 0 Å². The van der Waals surface area contributed by atoms with Gasteiger partial charge in [0.1, 0.15) is 0 Å². The minimum Gasteiger partial charge on any atom is -0.308 e. The lowest BCUT2D eigenvalue weighted by Crippen LogP contribution is -2.30. The standard InChI is InChI=1S/C26H22N2/c1-26(2)21-12-6-8-14-24(21)28(25-15-9-7-13-22(25)26)20-16-17-23(27-18-20)19-10-4-3-5-11-19/h3-18H,1-2H3. The van der Waals surface area contributed by atoms with Gasteiger partial charge >= 0.3 is 0 Å². The zero-order valence-corrected chi connectivity index (χ0v) is 16.1. The van der Waals surface area contributed by atoms with Gasteiger partial charge in [-0.25, -0.2) is 0 Å². The van der Waals surface area contributed by atoms with Gasteiger partial charge in [-0.15, -0.1) is 0 Å². The number of benzene rings is 3. The van der Waals surface area contributed by atoms with Crippen molar-refractivity contribution in [1.29, 1.82) is 0 Å². The second kappa shape index (κ2) is 6.35. The molecule has 4 aromatic rings. The van der Waals surface area contributed by atoms with Crippen molar-refractivity contribution in [2.75, 3.05) is 4.90 Å². The van der Waals surface area contributed by atoms with Crippen molar-refractivity contribution >= 4 is 17.1 Å². The quantitative estimate of drug-likeness (QED) is 0.387. The van der Waals surface area contributed by atoms with Gasteiger partial charge in [0, 0.05) is 11.0 Å². The van der Waals surface area contributed by atoms with Gasteiger partial charge in [-0.1, -0.05) is 80.6 Å². The highest BCUT2D eigenvalue weighted by molar-refractivity contribution is 5.85. The largest absolute Gasteiger partial charge is 0.308 e. The first kappa shape index (κ1) is 16.8. The molecule has 2 heterocycles. The second-order valence-corrected chi connectivity index (χ2v) is 7.76. The third-order valence-electron chi connectivity index (χ3n) is 5.71. The number of anilines is 3. The Hall–Kier alpha value is -3.39. The summed E-state index contributed by atoms with van der Waals surface area (Å²) in [5, 5.41) is 0. The molecule has 0 fully saturated rings. The van der Waals surface area contributed by atoms with Gasteiger partial charge in [0.05, 0.1) is 29.0 Å². The van der Waals surface area contributed by atoms with Crippen LogP contribution in [0.3, 0.4) is 0 Å². The van der Waals surface area contributed by atoms with Crippen LogP contribution >= 0.6 is 0 Å². The molecule has 0 bridgehead atoms. The highest BCUT2D eigenvalue weighted by atomic mass is 15.2. The maximum absolute atomic E-state index is 4.76. The average Bonchev–Trinajstić information content (AvgIpc) is 2.75. The van der Waals surface area contributed by atoms with Crippen LogP contribution in [0.4, 0.5) is 17.1 Å². The number of fused-ring (bicyclic) bond motifs is 2. The molecule has 0 unspecified atom stereocenters. The van der Waals surface area contributed by atoms with E-state index in [4.69, 9.17) is 4.98 Å². The van der Waals surface area contributed by atoms with E-state index in [0.29, 0.717) is 0 Å². The number of hydrogen-bond acceptors (Lipinski definition) is 2. The molecule has 136 valence electrons. The molecule has 5 rings (SSSR count). The van der Waals surface area contributed by atoms with Gasteiger partial charge < -0.3 is 4.90 Å². The van der Waals surface area contributed by atoms with E-state index in [-0.39, 0.29) is 5.41 Å². The SMILES string of the molecule is CC1(C)c2ccccc2N(c2ccc(-c3ccccc3)nc2)c2ccccc21. The van der Waals surface area contributed by atoms with Crippen molar-refractivity contribution in [2.45, 2.75) is 19.3 Å². The molecule has 2 nitrogen and oxygen atoms in total. The lowest BCUT2D eigenvalue weighted by Gasteiger charge is -2.41. The van der Waals surface area contributed by atoms with E-state index in [1.807, 2.05) is 24.4 Å². The Morgan fingerprint density at radius 2 is 1.21 bits per heavy atom. The summed E-state index contributed by atoms with van der Waals surface area (Å²) in [6.45, 7) is 4.61. The first-order valence-corrected chi connectivity index (χ1v) is 9.67. The average molecular weight is 362 g/mol. The molecule has 1 aliphatic heterocycles. The summed E-state index contributed by atoms with van der Waals surface area (Å²) in [5.74, 6) is 0. The number of pyridine rings is 1. The van der Waals surface area contributed by atoms with Gasteiger partial charge in [0.25, 0.3) is 0 Å². The Morgan fingerprint density at radius 1 is 0.643 bits per heavy atom. The molecule has 1 aliphatic rings. The fourth-order valence-electron chi connectivity index (χ4n) is 4.25. The molecule has 0 saturated heterocycles. The van der Waals surface area contributed by atoms with Crippen LogP contribution in [-0.4, -0.2) is 4.98 Å². The molecule has 0 N–H and O–H groups in total. The first-order valence-electron chi connectivity index (χ1n) is 9.67. The van der Waals surface area contributed by atoms with Crippen LogP contribution in [-0.2, 0) is 5.41 Å². The van der Waals surface area contributed by atoms with Crippen LogP contribution in [0.5, 0.6) is 0 Å². The maximum Gasteiger partial charge on any atom is 0.0703 e. The Balaban J connectivity index is 1.67. The van der Waals surface area contributed by atoms with E-state index in [2.05, 4.69) is 91.5 Å². The number of nitrogens with zero attached hydrogens (tertiary/aromatic N) is 2. The monoisotopic (exact) mass is 362 g/mol. The summed E-state index contributed by atoms with van der Waals surface area (Å²) in [5.41, 5.74) is 8.27. The van der Waals surface area contributed by atoms with Crippen molar-refractivity contribution in [1.82, 2.24) is 4.98 Å². The first-order chi connectivity index (χ1) is 13.7. The Labute approximate surface area is 166 Å². The van der Waals surface area contributed by atoms with Crippen LogP contribution in [0.2, 0.25) is 0 Å². The third kappa shape index (κ3) is 2.53. The molecule has 0 amide bonds. The van der Waals surface area contributed by atoms with Crippen LogP contribution in [0.25, 0.3) is 11.3 Å². The molecule has 3 aromatic carbocycles. The third-order valence-corrected chi connectivity index (χ3v) is 5.71. The Kier molecular flexibility index (Phi) is 3.80. The number of rotatable bonds is 2. The van der Waals surface area contributed by atoms with E-state index in [9.17, 15) is 0 Å². The molecule has 1 aromatic heterocycles. The van der Waals surface area contributed by atoms with Gasteiger partial charge in [0.15, 0.2) is 0 Å². The van der Waals surface area contributed by atoms with Crippen LogP contribution in [0.1, 0.15) is 25.0 Å². The van der Waals surface area contributed by atoms with Crippen molar-refractivity contribution in [3.05, 3.63) is 108 Å². The zero-order valence-electron chi connectivity index (χ0n) is 16.1. The smallest absolute Gasteiger partial charge is 0.0703 e. The van der Waals surface area contributed by atoms with Gasteiger partial charge in [-0.05, 0) is 35.4 Å². The summed E-state index contributed by atoms with van der Waals surface area (Å²) in [7, 11) is 0.